The van der Waals surface area contributed by atoms with E-state index in [-0.39, 0.29) is 18.3 Å². The van der Waals surface area contributed by atoms with Gasteiger partial charge in [0.05, 0.1) is 18.3 Å². The number of aliphatic carboxylic acids is 1. The van der Waals surface area contributed by atoms with Gasteiger partial charge in [-0.2, -0.15) is 0 Å². The predicted molar refractivity (Wildman–Crippen MR) is 105 cm³/mol. The number of aliphatic hydroxyl groups is 3. The van der Waals surface area contributed by atoms with Gasteiger partial charge in [-0.3, -0.25) is 4.79 Å². The molecule has 26 heavy (non-hydrogen) atoms. The lowest BCUT2D eigenvalue weighted by Gasteiger charge is -2.16. The molecular weight excluding hydrogens is 332 g/mol. The third kappa shape index (κ3) is 11.4. The number of unbranched alkanes of at least 4 members (excludes halogenated alkanes) is 3. The van der Waals surface area contributed by atoms with Crippen molar-refractivity contribution in [2.45, 2.75) is 90.4 Å². The molecule has 0 amide bonds. The van der Waals surface area contributed by atoms with Crippen molar-refractivity contribution in [1.82, 2.24) is 0 Å². The number of hydrogen-bond acceptors (Lipinski definition) is 4. The Morgan fingerprint density at radius 1 is 1.19 bits per heavy atom. The van der Waals surface area contributed by atoms with Crippen LogP contribution in [0.15, 0.2) is 24.3 Å². The summed E-state index contributed by atoms with van der Waals surface area (Å²) in [6.45, 7) is 6.01. The molecule has 0 spiro atoms. The molecule has 1 saturated carbocycles. The van der Waals surface area contributed by atoms with Crippen molar-refractivity contribution < 1.29 is 25.2 Å². The van der Waals surface area contributed by atoms with E-state index in [1.807, 2.05) is 32.1 Å². The summed E-state index contributed by atoms with van der Waals surface area (Å²) in [4.78, 5) is 9.94. The fourth-order valence-electron chi connectivity index (χ4n) is 3.02. The molecule has 5 nitrogen and oxygen atoms in total. The molecule has 5 unspecified atom stereocenters. The van der Waals surface area contributed by atoms with Crippen molar-refractivity contribution in [2.75, 3.05) is 0 Å². The minimum absolute atomic E-state index is 0.0224. The molecule has 0 aromatic heterocycles. The first-order chi connectivity index (χ1) is 12.3. The third-order valence-electron chi connectivity index (χ3n) is 4.80. The van der Waals surface area contributed by atoms with Crippen molar-refractivity contribution >= 4 is 5.97 Å². The SMILES string of the molecule is C/C=C/CCCC(=O)O.CCCCCC(O)/C=C/C1C(O)CC(O)C1C. The minimum Gasteiger partial charge on any atom is -0.481 e. The van der Waals surface area contributed by atoms with E-state index in [9.17, 15) is 20.1 Å². The van der Waals surface area contributed by atoms with Gasteiger partial charge in [-0.05, 0) is 32.1 Å². The lowest BCUT2D eigenvalue weighted by molar-refractivity contribution is -0.137. The van der Waals surface area contributed by atoms with E-state index < -0.39 is 24.3 Å². The molecule has 1 fully saturated rings. The first kappa shape index (κ1) is 24.8. The van der Waals surface area contributed by atoms with E-state index >= 15 is 0 Å². The van der Waals surface area contributed by atoms with Crippen LogP contribution in [0.3, 0.4) is 0 Å². The summed E-state index contributed by atoms with van der Waals surface area (Å²) in [6, 6.07) is 0. The summed E-state index contributed by atoms with van der Waals surface area (Å²) in [5, 5.41) is 37.3. The Kier molecular flexibility index (Phi) is 14.3. The predicted octanol–water partition coefficient (Wildman–Crippen LogP) is 3.68. The van der Waals surface area contributed by atoms with Crippen LogP contribution in [0.5, 0.6) is 0 Å². The third-order valence-corrected chi connectivity index (χ3v) is 4.80. The van der Waals surface area contributed by atoms with Crippen LogP contribution >= 0.6 is 0 Å². The van der Waals surface area contributed by atoms with Gasteiger partial charge in [0, 0.05) is 18.8 Å². The zero-order valence-corrected chi connectivity index (χ0v) is 16.6. The van der Waals surface area contributed by atoms with E-state index in [0.29, 0.717) is 6.42 Å². The second-order valence-corrected chi connectivity index (χ2v) is 7.11. The minimum atomic E-state index is -0.709. The van der Waals surface area contributed by atoms with E-state index in [1.54, 1.807) is 6.08 Å². The first-order valence-corrected chi connectivity index (χ1v) is 9.88. The molecule has 0 aromatic carbocycles. The smallest absolute Gasteiger partial charge is 0.303 e. The van der Waals surface area contributed by atoms with E-state index in [4.69, 9.17) is 5.11 Å². The Morgan fingerprint density at radius 2 is 1.88 bits per heavy atom. The van der Waals surface area contributed by atoms with Crippen molar-refractivity contribution in [2.24, 2.45) is 11.8 Å². The highest BCUT2D eigenvalue weighted by Crippen LogP contribution is 2.33. The lowest BCUT2D eigenvalue weighted by Crippen LogP contribution is -2.17. The van der Waals surface area contributed by atoms with Crippen molar-refractivity contribution in [3.63, 3.8) is 0 Å². The number of rotatable bonds is 10. The molecule has 0 bridgehead atoms. The van der Waals surface area contributed by atoms with Crippen LogP contribution in [0.25, 0.3) is 0 Å². The van der Waals surface area contributed by atoms with Crippen LogP contribution in [0.4, 0.5) is 0 Å². The van der Waals surface area contributed by atoms with Crippen molar-refractivity contribution in [3.8, 4) is 0 Å². The maximum absolute atomic E-state index is 9.94. The Morgan fingerprint density at radius 3 is 2.38 bits per heavy atom. The van der Waals surface area contributed by atoms with Gasteiger partial charge in [0.25, 0.3) is 0 Å². The zero-order chi connectivity index (χ0) is 19.9. The van der Waals surface area contributed by atoms with Gasteiger partial charge in [0.2, 0.25) is 0 Å². The second kappa shape index (κ2) is 14.9. The van der Waals surface area contributed by atoms with Gasteiger partial charge in [-0.25, -0.2) is 0 Å². The standard InChI is InChI=1S/C14H26O3.C7H12O2/c1-3-4-5-6-11(15)7-8-12-10(2)13(16)9-14(12)17;1-2-3-4-5-6-7(8)9/h7-8,10-17H,3-6,9H2,1-2H3;2-3H,4-6H2,1H3,(H,8,9)/b8-7+;3-2+. The fraction of sp³-hybridized carbons (Fsp3) is 0.762. The van der Waals surface area contributed by atoms with Gasteiger partial charge in [-0.1, -0.05) is 57.4 Å². The number of carboxylic acid groups (broad SMARTS) is 1. The summed E-state index contributed by atoms with van der Waals surface area (Å²) in [5.41, 5.74) is 0. The van der Waals surface area contributed by atoms with Gasteiger partial charge in [0.1, 0.15) is 0 Å². The van der Waals surface area contributed by atoms with E-state index in [2.05, 4.69) is 6.92 Å². The number of allylic oxidation sites excluding steroid dienone is 2. The maximum atomic E-state index is 9.94. The summed E-state index contributed by atoms with van der Waals surface area (Å²) < 4.78 is 0. The molecule has 0 radical (unpaired) electrons. The number of aliphatic hydroxyl groups excluding tert-OH is 3. The van der Waals surface area contributed by atoms with Crippen LogP contribution in [0.1, 0.15) is 72.1 Å². The summed E-state index contributed by atoms with van der Waals surface area (Å²) in [6.07, 6.45) is 12.7. The van der Waals surface area contributed by atoms with E-state index in [0.717, 1.165) is 38.5 Å². The lowest BCUT2D eigenvalue weighted by atomic mass is 9.94. The highest BCUT2D eigenvalue weighted by molar-refractivity contribution is 5.66. The van der Waals surface area contributed by atoms with Gasteiger partial charge in [-0.15, -0.1) is 0 Å². The molecular formula is C21H38O5. The quantitative estimate of drug-likeness (QED) is 0.347. The molecule has 152 valence electrons. The molecule has 0 aromatic rings. The van der Waals surface area contributed by atoms with Crippen LogP contribution in [0, 0.1) is 11.8 Å². The fourth-order valence-corrected chi connectivity index (χ4v) is 3.02. The molecule has 5 heteroatoms. The number of carboxylic acids is 1. The number of hydrogen-bond donors (Lipinski definition) is 4. The summed E-state index contributed by atoms with van der Waals surface area (Å²) in [5.74, 6) is -0.658. The highest BCUT2D eigenvalue weighted by atomic mass is 16.4. The topological polar surface area (TPSA) is 98.0 Å². The van der Waals surface area contributed by atoms with Gasteiger partial charge in [0.15, 0.2) is 0 Å². The molecule has 4 N–H and O–H groups in total. The average molecular weight is 371 g/mol. The summed E-state index contributed by atoms with van der Waals surface area (Å²) >= 11 is 0. The van der Waals surface area contributed by atoms with E-state index in [1.165, 1.54) is 0 Å². The van der Waals surface area contributed by atoms with Crippen molar-refractivity contribution in [3.05, 3.63) is 24.3 Å². The Bertz CT molecular complexity index is 419. The van der Waals surface area contributed by atoms with Crippen LogP contribution in [0.2, 0.25) is 0 Å². The van der Waals surface area contributed by atoms with Crippen LogP contribution in [-0.2, 0) is 4.79 Å². The zero-order valence-electron chi connectivity index (χ0n) is 16.6. The number of carbonyl (C=O) groups is 1. The molecule has 0 heterocycles. The second-order valence-electron chi connectivity index (χ2n) is 7.11. The molecule has 1 aliphatic rings. The largest absolute Gasteiger partial charge is 0.481 e. The Balaban J connectivity index is 0.000000590. The molecule has 0 saturated heterocycles. The van der Waals surface area contributed by atoms with Gasteiger partial charge >= 0.3 is 5.97 Å². The normalized spacial score (nSPS) is 26.8. The Hall–Kier alpha value is -1.17. The molecule has 5 atom stereocenters. The molecule has 1 rings (SSSR count). The average Bonchev–Trinajstić information content (AvgIpc) is 2.83. The first-order valence-electron chi connectivity index (χ1n) is 9.88. The van der Waals surface area contributed by atoms with Crippen LogP contribution in [-0.4, -0.2) is 44.7 Å². The molecule has 1 aliphatic carbocycles. The summed E-state index contributed by atoms with van der Waals surface area (Å²) in [7, 11) is 0. The molecule has 0 aliphatic heterocycles. The highest BCUT2D eigenvalue weighted by Gasteiger charge is 2.37. The van der Waals surface area contributed by atoms with Gasteiger partial charge < -0.3 is 20.4 Å². The van der Waals surface area contributed by atoms with Crippen LogP contribution < -0.4 is 0 Å². The Labute approximate surface area is 158 Å². The maximum Gasteiger partial charge on any atom is 0.303 e. The van der Waals surface area contributed by atoms with Crippen molar-refractivity contribution in [1.29, 1.82) is 0 Å². The monoisotopic (exact) mass is 370 g/mol.